The van der Waals surface area contributed by atoms with Crippen LogP contribution in [0.15, 0.2) is 47.1 Å². The third-order valence-corrected chi connectivity index (χ3v) is 3.31. The molecule has 0 radical (unpaired) electrons. The molecule has 0 heterocycles. The van der Waals surface area contributed by atoms with E-state index in [9.17, 15) is 4.79 Å². The summed E-state index contributed by atoms with van der Waals surface area (Å²) >= 11 is 0. The number of hydrogen-bond donors (Lipinski definition) is 2. The van der Waals surface area contributed by atoms with E-state index in [0.717, 1.165) is 29.6 Å². The Hall–Kier alpha value is -1.61. The Morgan fingerprint density at radius 3 is 2.88 bits per heavy atom. The van der Waals surface area contributed by atoms with Gasteiger partial charge in [0.25, 0.3) is 5.91 Å². The van der Waals surface area contributed by atoms with Crippen molar-refractivity contribution >= 4 is 5.91 Å². The molecule has 3 aliphatic rings. The van der Waals surface area contributed by atoms with E-state index >= 15 is 0 Å². The van der Waals surface area contributed by atoms with Crippen LogP contribution in [0.4, 0.5) is 0 Å². The predicted molar refractivity (Wildman–Crippen MR) is 62.3 cm³/mol. The molecule has 3 aliphatic carbocycles. The van der Waals surface area contributed by atoms with Crippen molar-refractivity contribution in [2.75, 3.05) is 0 Å². The van der Waals surface area contributed by atoms with Crippen LogP contribution in [0.3, 0.4) is 0 Å². The van der Waals surface area contributed by atoms with E-state index in [1.807, 2.05) is 30.4 Å². The summed E-state index contributed by atoms with van der Waals surface area (Å²) in [5.41, 5.74) is 8.77. The highest BCUT2D eigenvalue weighted by Crippen LogP contribution is 2.30. The fourth-order valence-corrected chi connectivity index (χ4v) is 2.07. The van der Waals surface area contributed by atoms with Crippen molar-refractivity contribution in [3.05, 3.63) is 47.1 Å². The van der Waals surface area contributed by atoms with Crippen LogP contribution < -0.4 is 10.9 Å². The van der Waals surface area contributed by atoms with Crippen molar-refractivity contribution < 1.29 is 4.79 Å². The molecule has 0 atom stereocenters. The molecule has 1 saturated carbocycles. The lowest BCUT2D eigenvalue weighted by Gasteiger charge is -2.26. The van der Waals surface area contributed by atoms with Gasteiger partial charge in [-0.2, -0.15) is 0 Å². The number of rotatable bonds is 3. The Labute approximate surface area is 94.6 Å². The Kier molecular flexibility index (Phi) is 2.26. The van der Waals surface area contributed by atoms with E-state index in [2.05, 4.69) is 10.9 Å². The minimum Gasteiger partial charge on any atom is -0.287 e. The van der Waals surface area contributed by atoms with Gasteiger partial charge in [0, 0.05) is 11.6 Å². The molecule has 2 N–H and O–H groups in total. The van der Waals surface area contributed by atoms with Crippen molar-refractivity contribution in [3.8, 4) is 0 Å². The number of fused-ring (bicyclic) bond motifs is 1. The molecule has 16 heavy (non-hydrogen) atoms. The number of amides is 1. The zero-order valence-corrected chi connectivity index (χ0v) is 8.99. The molecule has 0 saturated heterocycles. The first-order valence-corrected chi connectivity index (χ1v) is 5.71. The van der Waals surface area contributed by atoms with Gasteiger partial charge in [0.15, 0.2) is 0 Å². The van der Waals surface area contributed by atoms with Crippen molar-refractivity contribution in [2.45, 2.75) is 25.3 Å². The number of nitrogens with one attached hydrogen (secondary N) is 2. The standard InChI is InChI=1S/C13H14N2O/c16-13(15-14-10-4-2-5-10)12-8-7-9-3-1-6-11(9)12/h1,3,6-8,10,14H,2,4-5H2,(H,15,16). The highest BCUT2D eigenvalue weighted by molar-refractivity contribution is 6.01. The summed E-state index contributed by atoms with van der Waals surface area (Å²) in [5.74, 6) is -0.0342. The smallest absolute Gasteiger partial charge is 0.266 e. The van der Waals surface area contributed by atoms with Crippen LogP contribution >= 0.6 is 0 Å². The SMILES string of the molecule is O=C(NNC1CCC1)C1=CC=C2C=CC=C21. The lowest BCUT2D eigenvalue weighted by atomic mass is 9.94. The molecule has 0 aromatic heterocycles. The molecule has 82 valence electrons. The molecule has 0 spiro atoms. The Balaban J connectivity index is 1.59. The third kappa shape index (κ3) is 1.53. The van der Waals surface area contributed by atoms with Crippen molar-refractivity contribution in [2.24, 2.45) is 0 Å². The second-order valence-electron chi connectivity index (χ2n) is 4.37. The van der Waals surface area contributed by atoms with Crippen LogP contribution in [0.25, 0.3) is 0 Å². The number of hydrogen-bond acceptors (Lipinski definition) is 2. The first kappa shape index (κ1) is 9.60. The Morgan fingerprint density at radius 2 is 2.12 bits per heavy atom. The third-order valence-electron chi connectivity index (χ3n) is 3.31. The highest BCUT2D eigenvalue weighted by atomic mass is 16.2. The average Bonchev–Trinajstić information content (AvgIpc) is 2.74. The van der Waals surface area contributed by atoms with Crippen molar-refractivity contribution in [1.29, 1.82) is 0 Å². The van der Waals surface area contributed by atoms with Gasteiger partial charge in [0.1, 0.15) is 0 Å². The molecule has 0 bridgehead atoms. The number of carbonyl (C=O) groups excluding carboxylic acids is 1. The number of allylic oxidation sites excluding steroid dienone is 6. The molecule has 1 amide bonds. The quantitative estimate of drug-likeness (QED) is 0.699. The van der Waals surface area contributed by atoms with E-state index < -0.39 is 0 Å². The number of hydrazine groups is 1. The van der Waals surface area contributed by atoms with Gasteiger partial charge >= 0.3 is 0 Å². The van der Waals surface area contributed by atoms with Gasteiger partial charge in [-0.1, -0.05) is 30.7 Å². The molecule has 0 aromatic rings. The predicted octanol–water partition coefficient (Wildman–Crippen LogP) is 1.52. The summed E-state index contributed by atoms with van der Waals surface area (Å²) in [4.78, 5) is 11.9. The molecular weight excluding hydrogens is 200 g/mol. The Morgan fingerprint density at radius 1 is 1.25 bits per heavy atom. The lowest BCUT2D eigenvalue weighted by molar-refractivity contribution is -0.118. The molecule has 0 aromatic carbocycles. The van der Waals surface area contributed by atoms with E-state index in [0.29, 0.717) is 6.04 Å². The molecule has 1 fully saturated rings. The van der Waals surface area contributed by atoms with Crippen molar-refractivity contribution in [3.63, 3.8) is 0 Å². The highest BCUT2D eigenvalue weighted by Gasteiger charge is 2.23. The van der Waals surface area contributed by atoms with E-state index in [-0.39, 0.29) is 5.91 Å². The first-order valence-electron chi connectivity index (χ1n) is 5.71. The van der Waals surface area contributed by atoms with E-state index in [1.165, 1.54) is 6.42 Å². The minimum absolute atomic E-state index is 0.0342. The summed E-state index contributed by atoms with van der Waals surface area (Å²) in [6.07, 6.45) is 13.4. The van der Waals surface area contributed by atoms with Gasteiger partial charge in [-0.05, 0) is 30.1 Å². The molecule has 3 nitrogen and oxygen atoms in total. The van der Waals surface area contributed by atoms with Crippen molar-refractivity contribution in [1.82, 2.24) is 10.9 Å². The second-order valence-corrected chi connectivity index (χ2v) is 4.37. The van der Waals surface area contributed by atoms with E-state index in [4.69, 9.17) is 0 Å². The first-order chi connectivity index (χ1) is 7.84. The normalized spacial score (nSPS) is 22.1. The van der Waals surface area contributed by atoms with E-state index in [1.54, 1.807) is 0 Å². The molecule has 0 aliphatic heterocycles. The fourth-order valence-electron chi connectivity index (χ4n) is 2.07. The zero-order valence-electron chi connectivity index (χ0n) is 8.99. The monoisotopic (exact) mass is 214 g/mol. The van der Waals surface area contributed by atoms with Gasteiger partial charge < -0.3 is 0 Å². The van der Waals surface area contributed by atoms with Gasteiger partial charge in [0.2, 0.25) is 0 Å². The van der Waals surface area contributed by atoms with Gasteiger partial charge in [-0.25, -0.2) is 5.43 Å². The summed E-state index contributed by atoms with van der Waals surface area (Å²) in [6.45, 7) is 0. The lowest BCUT2D eigenvalue weighted by Crippen LogP contribution is -2.47. The van der Waals surface area contributed by atoms with Crippen LogP contribution in [-0.4, -0.2) is 11.9 Å². The van der Waals surface area contributed by atoms with Crippen LogP contribution in [-0.2, 0) is 4.79 Å². The topological polar surface area (TPSA) is 41.1 Å². The summed E-state index contributed by atoms with van der Waals surface area (Å²) < 4.78 is 0. The number of carbonyl (C=O) groups is 1. The van der Waals surface area contributed by atoms with Crippen LogP contribution in [0.2, 0.25) is 0 Å². The maximum Gasteiger partial charge on any atom is 0.266 e. The molecule has 3 heteroatoms. The second kappa shape index (κ2) is 3.76. The molecule has 0 unspecified atom stereocenters. The maximum atomic E-state index is 11.9. The minimum atomic E-state index is -0.0342. The zero-order chi connectivity index (χ0) is 11.0. The Bertz CT molecular complexity index is 451. The average molecular weight is 214 g/mol. The summed E-state index contributed by atoms with van der Waals surface area (Å²) in [7, 11) is 0. The van der Waals surface area contributed by atoms with Crippen LogP contribution in [0.5, 0.6) is 0 Å². The van der Waals surface area contributed by atoms with Gasteiger partial charge in [0.05, 0.1) is 0 Å². The van der Waals surface area contributed by atoms with Crippen LogP contribution in [0.1, 0.15) is 19.3 Å². The molecule has 3 rings (SSSR count). The van der Waals surface area contributed by atoms with Crippen LogP contribution in [0, 0.1) is 0 Å². The fraction of sp³-hybridized carbons (Fsp3) is 0.308. The van der Waals surface area contributed by atoms with Gasteiger partial charge in [-0.15, -0.1) is 0 Å². The maximum absolute atomic E-state index is 11.9. The van der Waals surface area contributed by atoms with Gasteiger partial charge in [-0.3, -0.25) is 10.2 Å². The summed E-state index contributed by atoms with van der Waals surface area (Å²) in [6, 6.07) is 0.467. The largest absolute Gasteiger partial charge is 0.287 e. The summed E-state index contributed by atoms with van der Waals surface area (Å²) in [5, 5.41) is 0. The molecular formula is C13H14N2O.